The molecule has 13 heavy (non-hydrogen) atoms. The lowest BCUT2D eigenvalue weighted by Gasteiger charge is -2.19. The molecule has 0 unspecified atom stereocenters. The molecule has 1 atom stereocenters. The fourth-order valence-electron chi connectivity index (χ4n) is 1.12. The van der Waals surface area contributed by atoms with Crippen LogP contribution in [0.5, 0.6) is 0 Å². The zero-order chi connectivity index (χ0) is 9.90. The third kappa shape index (κ3) is 3.55. The average molecular weight is 182 g/mol. The molecule has 0 saturated carbocycles. The molecule has 0 aliphatic rings. The van der Waals surface area contributed by atoms with Gasteiger partial charge in [0, 0.05) is 0 Å². The Hall–Kier alpha value is -0.900. The van der Waals surface area contributed by atoms with Crippen molar-refractivity contribution >= 4 is 0 Å². The molecule has 0 spiro atoms. The number of nitrogens with two attached hydrogens (primary N) is 1. The van der Waals surface area contributed by atoms with Crippen LogP contribution >= 0.6 is 0 Å². The van der Waals surface area contributed by atoms with Crippen LogP contribution in [0.4, 0.5) is 0 Å². The number of nitrogens with one attached hydrogen (secondary N) is 1. The van der Waals surface area contributed by atoms with Gasteiger partial charge in [-0.25, -0.2) is 4.98 Å². The Balaban J connectivity index is 2.39. The molecule has 0 amide bonds. The van der Waals surface area contributed by atoms with E-state index in [2.05, 4.69) is 36.0 Å². The van der Waals surface area contributed by atoms with Gasteiger partial charge in [-0.3, -0.25) is 5.10 Å². The van der Waals surface area contributed by atoms with Gasteiger partial charge in [0.05, 0.1) is 6.04 Å². The summed E-state index contributed by atoms with van der Waals surface area (Å²) >= 11 is 0. The van der Waals surface area contributed by atoms with E-state index in [0.29, 0.717) is 5.41 Å². The molecule has 4 nitrogen and oxygen atoms in total. The molecule has 0 saturated heterocycles. The summed E-state index contributed by atoms with van der Waals surface area (Å²) in [7, 11) is 0. The number of hydrogen-bond acceptors (Lipinski definition) is 3. The van der Waals surface area contributed by atoms with E-state index in [9.17, 15) is 0 Å². The van der Waals surface area contributed by atoms with Crippen molar-refractivity contribution in [1.29, 1.82) is 0 Å². The van der Waals surface area contributed by atoms with Crippen molar-refractivity contribution in [3.63, 3.8) is 0 Å². The maximum atomic E-state index is 5.91. The Morgan fingerprint density at radius 2 is 2.23 bits per heavy atom. The van der Waals surface area contributed by atoms with Gasteiger partial charge in [-0.1, -0.05) is 20.8 Å². The summed E-state index contributed by atoms with van der Waals surface area (Å²) in [6.45, 7) is 6.63. The van der Waals surface area contributed by atoms with E-state index in [1.54, 1.807) is 0 Å². The molecular formula is C9H18N4. The van der Waals surface area contributed by atoms with Crippen molar-refractivity contribution in [2.75, 3.05) is 0 Å². The van der Waals surface area contributed by atoms with E-state index in [1.807, 2.05) is 0 Å². The van der Waals surface area contributed by atoms with Gasteiger partial charge >= 0.3 is 0 Å². The number of aromatic amines is 1. The quantitative estimate of drug-likeness (QED) is 0.746. The molecule has 0 aliphatic heterocycles. The van der Waals surface area contributed by atoms with E-state index >= 15 is 0 Å². The first-order chi connectivity index (χ1) is 5.99. The van der Waals surface area contributed by atoms with E-state index in [1.165, 1.54) is 6.33 Å². The summed E-state index contributed by atoms with van der Waals surface area (Å²) in [5.41, 5.74) is 6.24. The first-order valence-corrected chi connectivity index (χ1v) is 4.60. The second-order valence-electron chi connectivity index (χ2n) is 4.58. The fraction of sp³-hybridized carbons (Fsp3) is 0.778. The number of rotatable bonds is 3. The zero-order valence-corrected chi connectivity index (χ0v) is 8.54. The summed E-state index contributed by atoms with van der Waals surface area (Å²) < 4.78 is 0. The van der Waals surface area contributed by atoms with Gasteiger partial charge in [0.1, 0.15) is 12.2 Å². The topological polar surface area (TPSA) is 67.6 Å². The van der Waals surface area contributed by atoms with Crippen molar-refractivity contribution in [1.82, 2.24) is 15.2 Å². The molecule has 1 aromatic rings. The lowest BCUT2D eigenvalue weighted by molar-refractivity contribution is 0.347. The van der Waals surface area contributed by atoms with Crippen LogP contribution in [-0.4, -0.2) is 15.2 Å². The second kappa shape index (κ2) is 3.87. The Labute approximate surface area is 78.9 Å². The highest BCUT2D eigenvalue weighted by Gasteiger charge is 2.15. The van der Waals surface area contributed by atoms with E-state index in [0.717, 1.165) is 18.7 Å². The van der Waals surface area contributed by atoms with Gasteiger partial charge < -0.3 is 5.73 Å². The highest BCUT2D eigenvalue weighted by molar-refractivity contribution is 4.89. The SMILES string of the molecule is CC(C)(C)CC[C@@H](N)c1ncn[nH]1. The molecule has 3 N–H and O–H groups in total. The number of aromatic nitrogens is 3. The Bertz CT molecular complexity index is 235. The van der Waals surface area contributed by atoms with Crippen LogP contribution in [0.2, 0.25) is 0 Å². The molecular weight excluding hydrogens is 164 g/mol. The maximum absolute atomic E-state index is 5.91. The van der Waals surface area contributed by atoms with Crippen molar-refractivity contribution in [2.24, 2.45) is 11.1 Å². The molecule has 1 aromatic heterocycles. The van der Waals surface area contributed by atoms with Gasteiger partial charge in [0.2, 0.25) is 0 Å². The smallest absolute Gasteiger partial charge is 0.141 e. The minimum atomic E-state index is -0.0123. The van der Waals surface area contributed by atoms with Crippen LogP contribution in [0.25, 0.3) is 0 Å². The van der Waals surface area contributed by atoms with Crippen molar-refractivity contribution in [3.05, 3.63) is 12.2 Å². The number of nitrogens with zero attached hydrogens (tertiary/aromatic N) is 2. The summed E-state index contributed by atoms with van der Waals surface area (Å²) in [4.78, 5) is 4.03. The van der Waals surface area contributed by atoms with Gasteiger partial charge in [-0.15, -0.1) is 0 Å². The molecule has 0 aliphatic carbocycles. The van der Waals surface area contributed by atoms with Gasteiger partial charge in [0.25, 0.3) is 0 Å². The summed E-state index contributed by atoms with van der Waals surface area (Å²) in [5.74, 6) is 0.782. The van der Waals surface area contributed by atoms with Gasteiger partial charge in [-0.2, -0.15) is 5.10 Å². The van der Waals surface area contributed by atoms with Gasteiger partial charge in [0.15, 0.2) is 0 Å². The number of hydrogen-bond donors (Lipinski definition) is 2. The summed E-state index contributed by atoms with van der Waals surface area (Å²) in [5, 5.41) is 6.56. The zero-order valence-electron chi connectivity index (χ0n) is 8.54. The highest BCUT2D eigenvalue weighted by Crippen LogP contribution is 2.24. The lowest BCUT2D eigenvalue weighted by Crippen LogP contribution is -2.15. The number of H-pyrrole nitrogens is 1. The fourth-order valence-corrected chi connectivity index (χ4v) is 1.12. The van der Waals surface area contributed by atoms with Crippen molar-refractivity contribution in [2.45, 2.75) is 39.7 Å². The molecule has 0 radical (unpaired) electrons. The minimum Gasteiger partial charge on any atom is -0.321 e. The Kier molecular flexibility index (Phi) is 3.03. The van der Waals surface area contributed by atoms with Crippen LogP contribution in [0.15, 0.2) is 6.33 Å². The maximum Gasteiger partial charge on any atom is 0.141 e. The monoisotopic (exact) mass is 182 g/mol. The average Bonchev–Trinajstić information content (AvgIpc) is 2.50. The third-order valence-electron chi connectivity index (χ3n) is 1.99. The van der Waals surface area contributed by atoms with E-state index < -0.39 is 0 Å². The molecule has 0 bridgehead atoms. The summed E-state index contributed by atoms with van der Waals surface area (Å²) in [6, 6.07) is -0.0123. The van der Waals surface area contributed by atoms with Gasteiger partial charge in [-0.05, 0) is 18.3 Å². The lowest BCUT2D eigenvalue weighted by atomic mass is 9.89. The van der Waals surface area contributed by atoms with Crippen molar-refractivity contribution < 1.29 is 0 Å². The molecule has 1 heterocycles. The normalized spacial score (nSPS) is 14.5. The third-order valence-corrected chi connectivity index (χ3v) is 1.99. The van der Waals surface area contributed by atoms with Crippen LogP contribution in [0, 0.1) is 5.41 Å². The highest BCUT2D eigenvalue weighted by atomic mass is 15.2. The van der Waals surface area contributed by atoms with Crippen molar-refractivity contribution in [3.8, 4) is 0 Å². The second-order valence-corrected chi connectivity index (χ2v) is 4.58. The van der Waals surface area contributed by atoms with Crippen LogP contribution in [-0.2, 0) is 0 Å². The predicted molar refractivity (Wildman–Crippen MR) is 52.0 cm³/mol. The first kappa shape index (κ1) is 10.2. The predicted octanol–water partition coefficient (Wildman–Crippen LogP) is 1.63. The van der Waals surface area contributed by atoms with E-state index in [-0.39, 0.29) is 6.04 Å². The Morgan fingerprint density at radius 3 is 2.69 bits per heavy atom. The molecule has 0 fully saturated rings. The first-order valence-electron chi connectivity index (χ1n) is 4.60. The van der Waals surface area contributed by atoms with Crippen LogP contribution < -0.4 is 5.73 Å². The minimum absolute atomic E-state index is 0.0123. The largest absolute Gasteiger partial charge is 0.321 e. The molecule has 0 aromatic carbocycles. The van der Waals surface area contributed by atoms with Crippen LogP contribution in [0.1, 0.15) is 45.5 Å². The molecule has 74 valence electrons. The molecule has 1 rings (SSSR count). The summed E-state index contributed by atoms with van der Waals surface area (Å²) in [6.07, 6.45) is 3.53. The molecule has 4 heteroatoms. The van der Waals surface area contributed by atoms with E-state index in [4.69, 9.17) is 5.73 Å². The standard InChI is InChI=1S/C9H18N4/c1-9(2,3)5-4-7(10)8-11-6-12-13-8/h6-7H,4-5,10H2,1-3H3,(H,11,12,13)/t7-/m1/s1. The Morgan fingerprint density at radius 1 is 1.54 bits per heavy atom. The van der Waals surface area contributed by atoms with Crippen LogP contribution in [0.3, 0.4) is 0 Å².